The van der Waals surface area contributed by atoms with Gasteiger partial charge in [-0.3, -0.25) is 4.79 Å². The summed E-state index contributed by atoms with van der Waals surface area (Å²) in [5.74, 6) is -0.160. The highest BCUT2D eigenvalue weighted by Crippen LogP contribution is 2.00. The first-order chi connectivity index (χ1) is 22.8. The molecule has 0 radical (unpaired) electrons. The van der Waals surface area contributed by atoms with Crippen molar-refractivity contribution in [3.05, 3.63) is 0 Å². The molecule has 0 unspecified atom stereocenters. The lowest BCUT2D eigenvalue weighted by atomic mass is 10.2. The van der Waals surface area contributed by atoms with Crippen LogP contribution in [0.4, 0.5) is 0 Å². The van der Waals surface area contributed by atoms with Crippen molar-refractivity contribution in [2.75, 3.05) is 165 Å². The molecule has 0 rings (SSSR count). The third kappa shape index (κ3) is 41.0. The molecule has 0 aliphatic heterocycles. The van der Waals surface area contributed by atoms with E-state index in [0.29, 0.717) is 165 Å². The minimum Gasteiger partial charge on any atom is -0.463 e. The molecule has 0 aromatic heterocycles. The molecule has 0 spiro atoms. The molecular formula is C32H64O14. The van der Waals surface area contributed by atoms with E-state index in [0.717, 1.165) is 19.3 Å². The van der Waals surface area contributed by atoms with E-state index in [1.807, 2.05) is 6.92 Å². The monoisotopic (exact) mass is 672 g/mol. The maximum atomic E-state index is 11.5. The van der Waals surface area contributed by atoms with Crippen molar-refractivity contribution in [2.45, 2.75) is 39.5 Å². The highest BCUT2D eigenvalue weighted by molar-refractivity contribution is 5.69. The van der Waals surface area contributed by atoms with Crippen LogP contribution in [0.3, 0.4) is 0 Å². The van der Waals surface area contributed by atoms with Gasteiger partial charge in [-0.05, 0) is 13.3 Å². The molecule has 0 aliphatic rings. The van der Waals surface area contributed by atoms with Gasteiger partial charge in [0, 0.05) is 13.0 Å². The number of carbonyl (C=O) groups excluding carboxylic acids is 1. The summed E-state index contributed by atoms with van der Waals surface area (Å²) in [5, 5.41) is 0. The van der Waals surface area contributed by atoms with Crippen LogP contribution in [-0.2, 0) is 66.4 Å². The van der Waals surface area contributed by atoms with Crippen LogP contribution in [0, 0.1) is 0 Å². The molecule has 46 heavy (non-hydrogen) atoms. The Labute approximate surface area is 277 Å². The predicted molar refractivity (Wildman–Crippen MR) is 171 cm³/mol. The first-order valence-corrected chi connectivity index (χ1v) is 16.9. The van der Waals surface area contributed by atoms with Gasteiger partial charge >= 0.3 is 5.97 Å². The van der Waals surface area contributed by atoms with Gasteiger partial charge in [-0.25, -0.2) is 0 Å². The zero-order chi connectivity index (χ0) is 33.3. The summed E-state index contributed by atoms with van der Waals surface area (Å²) in [6, 6.07) is 0. The smallest absolute Gasteiger partial charge is 0.305 e. The Morgan fingerprint density at radius 2 is 0.565 bits per heavy atom. The van der Waals surface area contributed by atoms with E-state index in [1.54, 1.807) is 0 Å². The van der Waals surface area contributed by atoms with Gasteiger partial charge in [-0.2, -0.15) is 0 Å². The van der Waals surface area contributed by atoms with Gasteiger partial charge in [0.05, 0.1) is 152 Å². The zero-order valence-electron chi connectivity index (χ0n) is 28.7. The summed E-state index contributed by atoms with van der Waals surface area (Å²) < 4.78 is 70.1. The second-order valence-electron chi connectivity index (χ2n) is 9.61. The van der Waals surface area contributed by atoms with Gasteiger partial charge in [0.1, 0.15) is 6.61 Å². The van der Waals surface area contributed by atoms with Crippen molar-refractivity contribution in [1.29, 1.82) is 0 Å². The van der Waals surface area contributed by atoms with E-state index >= 15 is 0 Å². The van der Waals surface area contributed by atoms with Crippen LogP contribution in [0.2, 0.25) is 0 Å². The number of unbranched alkanes of at least 4 members (excludes halogenated alkanes) is 2. The van der Waals surface area contributed by atoms with E-state index in [4.69, 9.17) is 61.6 Å². The van der Waals surface area contributed by atoms with Crippen LogP contribution in [0.25, 0.3) is 0 Å². The molecule has 276 valence electrons. The summed E-state index contributed by atoms with van der Waals surface area (Å²) in [4.78, 5) is 11.5. The van der Waals surface area contributed by atoms with E-state index in [-0.39, 0.29) is 12.6 Å². The standard InChI is InChI=1S/C32H64O14/c1-3-5-6-7-32(33)46-31-30-45-29-28-44-27-26-43-25-24-42-23-22-41-21-20-40-19-18-39-17-16-38-15-14-37-13-12-36-11-10-35-9-8-34-4-2/h3-31H2,1-2H3. The molecule has 14 heteroatoms. The Morgan fingerprint density at radius 1 is 0.326 bits per heavy atom. The molecule has 0 saturated heterocycles. The van der Waals surface area contributed by atoms with Crippen LogP contribution in [0.5, 0.6) is 0 Å². The van der Waals surface area contributed by atoms with Gasteiger partial charge in [0.15, 0.2) is 0 Å². The average molecular weight is 673 g/mol. The largest absolute Gasteiger partial charge is 0.463 e. The van der Waals surface area contributed by atoms with Crippen molar-refractivity contribution >= 4 is 5.97 Å². The second-order valence-corrected chi connectivity index (χ2v) is 9.61. The summed E-state index contributed by atoms with van der Waals surface area (Å²) >= 11 is 0. The van der Waals surface area contributed by atoms with Gasteiger partial charge in [-0.15, -0.1) is 0 Å². The molecule has 0 atom stereocenters. The fourth-order valence-corrected chi connectivity index (χ4v) is 3.37. The average Bonchev–Trinajstić information content (AvgIpc) is 3.06. The lowest BCUT2D eigenvalue weighted by Crippen LogP contribution is -2.15. The number of carbonyl (C=O) groups is 1. The fourth-order valence-electron chi connectivity index (χ4n) is 3.37. The van der Waals surface area contributed by atoms with Crippen LogP contribution in [-0.4, -0.2) is 171 Å². The first-order valence-electron chi connectivity index (χ1n) is 16.9. The minimum absolute atomic E-state index is 0.160. The maximum absolute atomic E-state index is 11.5. The molecule has 14 nitrogen and oxygen atoms in total. The van der Waals surface area contributed by atoms with Crippen LogP contribution in [0.15, 0.2) is 0 Å². The van der Waals surface area contributed by atoms with Crippen molar-refractivity contribution in [3.63, 3.8) is 0 Å². The Kier molecular flexibility index (Phi) is 41.1. The molecule has 0 heterocycles. The Hall–Kier alpha value is -1.01. The van der Waals surface area contributed by atoms with Crippen molar-refractivity contribution in [1.82, 2.24) is 0 Å². The number of hydrogen-bond donors (Lipinski definition) is 0. The molecular weight excluding hydrogens is 608 g/mol. The summed E-state index contributed by atoms with van der Waals surface area (Å²) in [7, 11) is 0. The Bertz CT molecular complexity index is 573. The molecule has 0 aliphatic carbocycles. The normalized spacial score (nSPS) is 11.4. The molecule has 0 amide bonds. The molecule has 0 saturated carbocycles. The number of esters is 1. The van der Waals surface area contributed by atoms with Gasteiger partial charge in [-0.1, -0.05) is 19.8 Å². The molecule has 0 N–H and O–H groups in total. The summed E-state index contributed by atoms with van der Waals surface area (Å²) in [6.45, 7) is 16.8. The number of hydrogen-bond acceptors (Lipinski definition) is 14. The van der Waals surface area contributed by atoms with Crippen LogP contribution < -0.4 is 0 Å². The topological polar surface area (TPSA) is 137 Å². The fraction of sp³-hybridized carbons (Fsp3) is 0.969. The van der Waals surface area contributed by atoms with Crippen molar-refractivity contribution in [3.8, 4) is 0 Å². The quantitative estimate of drug-likeness (QED) is 0.0694. The SMILES string of the molecule is CCCCCC(=O)OCCOCCOCCOCCOCCOCCOCCOCCOCCOCCOCCOCCOCC. The molecule has 0 bridgehead atoms. The molecule has 0 aromatic carbocycles. The van der Waals surface area contributed by atoms with Gasteiger partial charge in [0.2, 0.25) is 0 Å². The number of ether oxygens (including phenoxy) is 13. The van der Waals surface area contributed by atoms with Crippen molar-refractivity contribution in [2.24, 2.45) is 0 Å². The Balaban J connectivity index is 3.07. The van der Waals surface area contributed by atoms with Crippen molar-refractivity contribution < 1.29 is 66.4 Å². The number of rotatable bonds is 41. The minimum atomic E-state index is -0.160. The van der Waals surface area contributed by atoms with E-state index in [2.05, 4.69) is 6.92 Å². The van der Waals surface area contributed by atoms with Crippen LogP contribution in [0.1, 0.15) is 39.5 Å². The lowest BCUT2D eigenvalue weighted by Gasteiger charge is -2.09. The van der Waals surface area contributed by atoms with E-state index < -0.39 is 0 Å². The van der Waals surface area contributed by atoms with E-state index in [9.17, 15) is 4.79 Å². The first kappa shape index (κ1) is 45.0. The van der Waals surface area contributed by atoms with Crippen LogP contribution >= 0.6 is 0 Å². The van der Waals surface area contributed by atoms with Gasteiger partial charge in [0.25, 0.3) is 0 Å². The highest BCUT2D eigenvalue weighted by Gasteiger charge is 2.02. The maximum Gasteiger partial charge on any atom is 0.305 e. The third-order valence-corrected chi connectivity index (χ3v) is 5.77. The summed E-state index contributed by atoms with van der Waals surface area (Å²) in [5.41, 5.74) is 0. The zero-order valence-corrected chi connectivity index (χ0v) is 28.7. The molecule has 0 aromatic rings. The molecule has 0 fully saturated rings. The Morgan fingerprint density at radius 3 is 0.804 bits per heavy atom. The predicted octanol–water partition coefficient (Wildman–Crippen LogP) is 2.33. The highest BCUT2D eigenvalue weighted by atomic mass is 16.6. The lowest BCUT2D eigenvalue weighted by molar-refractivity contribution is -0.145. The summed E-state index contributed by atoms with van der Waals surface area (Å²) in [6.07, 6.45) is 3.49. The third-order valence-electron chi connectivity index (χ3n) is 5.77. The van der Waals surface area contributed by atoms with E-state index in [1.165, 1.54) is 0 Å². The second kappa shape index (κ2) is 42.0. The van der Waals surface area contributed by atoms with Gasteiger partial charge < -0.3 is 61.6 Å².